The van der Waals surface area contributed by atoms with Gasteiger partial charge in [0.15, 0.2) is 11.7 Å². The number of aliphatic hydroxyl groups is 2. The molecule has 4 aliphatic rings. The van der Waals surface area contributed by atoms with Gasteiger partial charge in [-0.05, 0) is 30.2 Å². The molecule has 1 heterocycles. The monoisotopic (exact) mass is 672 g/mol. The van der Waals surface area contributed by atoms with Crippen LogP contribution in [0.4, 0.5) is 0 Å². The number of rotatable bonds is 6. The molecule has 1 aromatic rings. The van der Waals surface area contributed by atoms with Crippen molar-refractivity contribution in [3.05, 3.63) is 47.0 Å². The predicted molar refractivity (Wildman–Crippen MR) is 165 cm³/mol. The zero-order valence-electron chi connectivity index (χ0n) is 28.4. The zero-order chi connectivity index (χ0) is 35.6. The van der Waals surface area contributed by atoms with Gasteiger partial charge in [0.05, 0.1) is 18.1 Å². The van der Waals surface area contributed by atoms with Crippen LogP contribution in [0.15, 0.2) is 41.5 Å². The molecular formula is C35H44O13. The van der Waals surface area contributed by atoms with E-state index >= 15 is 0 Å². The molecule has 0 aromatic heterocycles. The summed E-state index contributed by atoms with van der Waals surface area (Å²) in [4.78, 5) is 64.6. The van der Waals surface area contributed by atoms with E-state index in [-0.39, 0.29) is 30.6 Å². The van der Waals surface area contributed by atoms with Gasteiger partial charge in [-0.1, -0.05) is 39.0 Å². The first-order valence-corrected chi connectivity index (χ1v) is 16.0. The van der Waals surface area contributed by atoms with Crippen LogP contribution in [0, 0.1) is 16.7 Å². The van der Waals surface area contributed by atoms with Gasteiger partial charge in [-0.3, -0.25) is 19.2 Å². The lowest BCUT2D eigenvalue weighted by Crippen LogP contribution is -2.82. The van der Waals surface area contributed by atoms with Gasteiger partial charge in [-0.2, -0.15) is 0 Å². The summed E-state index contributed by atoms with van der Waals surface area (Å²) in [5.41, 5.74) is -6.15. The Morgan fingerprint density at radius 1 is 0.854 bits per heavy atom. The van der Waals surface area contributed by atoms with Crippen molar-refractivity contribution in [3.8, 4) is 0 Å². The molecule has 2 saturated carbocycles. The molecule has 1 saturated heterocycles. The summed E-state index contributed by atoms with van der Waals surface area (Å²) in [5, 5.41) is 26.0. The largest absolute Gasteiger partial charge is 0.462 e. The topological polar surface area (TPSA) is 181 Å². The summed E-state index contributed by atoms with van der Waals surface area (Å²) in [5.74, 6) is -5.00. The van der Waals surface area contributed by atoms with Crippen molar-refractivity contribution < 1.29 is 62.6 Å². The Morgan fingerprint density at radius 2 is 1.46 bits per heavy atom. The number of benzene rings is 1. The van der Waals surface area contributed by atoms with Crippen LogP contribution in [-0.2, 0) is 47.6 Å². The highest BCUT2D eigenvalue weighted by Gasteiger charge is 2.78. The molecule has 10 atom stereocenters. The van der Waals surface area contributed by atoms with Crippen LogP contribution >= 0.6 is 0 Å². The molecule has 262 valence electrons. The van der Waals surface area contributed by atoms with Crippen LogP contribution in [-0.4, -0.2) is 94.5 Å². The Labute approximate surface area is 278 Å². The van der Waals surface area contributed by atoms with Crippen LogP contribution in [0.3, 0.4) is 0 Å². The van der Waals surface area contributed by atoms with E-state index in [2.05, 4.69) is 0 Å². The number of carbonyl (C=O) groups excluding carboxylic acids is 5. The summed E-state index contributed by atoms with van der Waals surface area (Å²) in [6, 6.07) is 8.05. The fourth-order valence-corrected chi connectivity index (χ4v) is 8.81. The average molecular weight is 673 g/mol. The van der Waals surface area contributed by atoms with Crippen LogP contribution < -0.4 is 0 Å². The van der Waals surface area contributed by atoms with Crippen LogP contribution in [0.25, 0.3) is 0 Å². The van der Waals surface area contributed by atoms with Crippen LogP contribution in [0.1, 0.15) is 78.6 Å². The highest BCUT2D eigenvalue weighted by atomic mass is 16.6. The minimum atomic E-state index is -2.15. The summed E-state index contributed by atoms with van der Waals surface area (Å²) in [6.07, 6.45) is -8.33. The highest BCUT2D eigenvalue weighted by Crippen LogP contribution is 2.65. The van der Waals surface area contributed by atoms with Crippen molar-refractivity contribution in [3.63, 3.8) is 0 Å². The van der Waals surface area contributed by atoms with Crippen molar-refractivity contribution >= 4 is 29.8 Å². The van der Waals surface area contributed by atoms with Crippen LogP contribution in [0.5, 0.6) is 0 Å². The van der Waals surface area contributed by atoms with Gasteiger partial charge in [0.2, 0.25) is 0 Å². The minimum absolute atomic E-state index is 0.0427. The minimum Gasteiger partial charge on any atom is -0.462 e. The van der Waals surface area contributed by atoms with Crippen molar-refractivity contribution in [2.45, 2.75) is 116 Å². The number of hydrogen-bond donors (Lipinski definition) is 2. The smallest absolute Gasteiger partial charge is 0.338 e. The third-order valence-corrected chi connectivity index (χ3v) is 11.0. The Bertz CT molecular complexity index is 1530. The second-order valence-electron chi connectivity index (χ2n) is 14.1. The molecule has 2 N–H and O–H groups in total. The van der Waals surface area contributed by atoms with Gasteiger partial charge < -0.3 is 38.6 Å². The standard InChI is InChI=1S/C35H44O13/c1-17-23(44-18(2)36)15-35(42)30(47-31(41)22-12-10-9-11-13-22)28-33(8,29(40)27(46-20(4)38)26(17)32(35,6)7)24(45-19(3)37)14-25-34(28,16-43-25)48-21(5)39/h9-13,23-25,27-30,40,42H,14-16H2,1-8H3/t23-,24-,25+,27+,28?,29-,30?,33+,34-,35+/m0/s1. The fourth-order valence-electron chi connectivity index (χ4n) is 8.81. The number of hydrogen-bond acceptors (Lipinski definition) is 13. The molecule has 2 bridgehead atoms. The maximum absolute atomic E-state index is 14.0. The molecule has 3 fully saturated rings. The first-order valence-electron chi connectivity index (χ1n) is 16.0. The SMILES string of the molecule is CC(=O)O[C@H]1C[C@@]2(O)C(OC(=O)c3ccccc3)C3[C@@](C)([C@@H](OC(C)=O)C[C@H]4OC[C@@]34OC(C)=O)[C@@H](O)[C@H](OC(C)=O)C(=C1C)C2(C)C. The van der Waals surface area contributed by atoms with E-state index in [0.29, 0.717) is 5.57 Å². The van der Waals surface area contributed by atoms with Gasteiger partial charge in [-0.15, -0.1) is 0 Å². The van der Waals surface area contributed by atoms with Gasteiger partial charge in [0.25, 0.3) is 0 Å². The van der Waals surface area contributed by atoms with E-state index in [9.17, 15) is 34.2 Å². The lowest BCUT2D eigenvalue weighted by Gasteiger charge is -2.69. The van der Waals surface area contributed by atoms with E-state index < -0.39 is 94.4 Å². The number of fused-ring (bicyclic) bond motifs is 5. The molecule has 0 amide bonds. The maximum atomic E-state index is 14.0. The lowest BCUT2D eigenvalue weighted by atomic mass is 9.44. The normalized spacial score (nSPS) is 38.0. The van der Waals surface area contributed by atoms with Crippen LogP contribution in [0.2, 0.25) is 0 Å². The summed E-state index contributed by atoms with van der Waals surface area (Å²) in [6.45, 7) is 11.1. The Morgan fingerprint density at radius 3 is 1.98 bits per heavy atom. The second-order valence-corrected chi connectivity index (χ2v) is 14.1. The van der Waals surface area contributed by atoms with Gasteiger partial charge in [0, 0.05) is 51.4 Å². The molecule has 5 rings (SSSR count). The molecule has 13 nitrogen and oxygen atoms in total. The Kier molecular flexibility index (Phi) is 9.07. The molecule has 0 spiro atoms. The van der Waals surface area contributed by atoms with Crippen molar-refractivity contribution in [2.75, 3.05) is 6.61 Å². The maximum Gasteiger partial charge on any atom is 0.338 e. The molecule has 2 unspecified atom stereocenters. The van der Waals surface area contributed by atoms with E-state index in [1.165, 1.54) is 32.9 Å². The number of esters is 5. The van der Waals surface area contributed by atoms with E-state index in [0.717, 1.165) is 6.92 Å². The third-order valence-electron chi connectivity index (χ3n) is 11.0. The highest BCUT2D eigenvalue weighted by molar-refractivity contribution is 5.89. The number of aliphatic hydroxyl groups excluding tert-OH is 1. The van der Waals surface area contributed by atoms with Gasteiger partial charge >= 0.3 is 29.8 Å². The second kappa shape index (κ2) is 12.3. The predicted octanol–water partition coefficient (Wildman–Crippen LogP) is 2.59. The Balaban J connectivity index is 1.89. The first kappa shape index (κ1) is 35.5. The lowest BCUT2D eigenvalue weighted by molar-refractivity contribution is -0.365. The van der Waals surface area contributed by atoms with E-state index in [1.54, 1.807) is 45.9 Å². The zero-order valence-corrected chi connectivity index (χ0v) is 28.4. The third kappa shape index (κ3) is 5.39. The van der Waals surface area contributed by atoms with Gasteiger partial charge in [0.1, 0.15) is 36.1 Å². The van der Waals surface area contributed by atoms with Crippen molar-refractivity contribution in [1.29, 1.82) is 0 Å². The van der Waals surface area contributed by atoms with E-state index in [4.69, 9.17) is 28.4 Å². The van der Waals surface area contributed by atoms with Gasteiger partial charge in [-0.25, -0.2) is 4.79 Å². The molecule has 3 aliphatic carbocycles. The molecular weight excluding hydrogens is 628 g/mol. The summed E-state index contributed by atoms with van der Waals surface area (Å²) < 4.78 is 35.9. The molecule has 0 radical (unpaired) electrons. The molecule has 1 aromatic carbocycles. The number of ether oxygens (including phenoxy) is 6. The summed E-state index contributed by atoms with van der Waals surface area (Å²) >= 11 is 0. The number of carbonyl (C=O) groups is 5. The molecule has 1 aliphatic heterocycles. The molecule has 48 heavy (non-hydrogen) atoms. The average Bonchev–Trinajstić information content (AvgIpc) is 2.97. The van der Waals surface area contributed by atoms with Crippen molar-refractivity contribution in [1.82, 2.24) is 0 Å². The van der Waals surface area contributed by atoms with E-state index in [1.807, 2.05) is 0 Å². The fraction of sp³-hybridized carbons (Fsp3) is 0.629. The first-order chi connectivity index (χ1) is 22.3. The quantitative estimate of drug-likeness (QED) is 0.256. The Hall–Kier alpha value is -3.81. The van der Waals surface area contributed by atoms with Crippen molar-refractivity contribution in [2.24, 2.45) is 16.7 Å². The molecule has 13 heteroatoms. The summed E-state index contributed by atoms with van der Waals surface area (Å²) in [7, 11) is 0.